The minimum Gasteiger partial charge on any atom is -0.497 e. The van der Waals surface area contributed by atoms with Crippen LogP contribution in [0.3, 0.4) is 0 Å². The number of carbonyl (C=O) groups excluding carboxylic acids is 1. The molecule has 0 radical (unpaired) electrons. The van der Waals surface area contributed by atoms with Crippen molar-refractivity contribution in [1.29, 1.82) is 0 Å². The Labute approximate surface area is 134 Å². The topological polar surface area (TPSA) is 38.3 Å². The molecule has 0 fully saturated rings. The molecule has 1 aromatic rings. The van der Waals surface area contributed by atoms with Gasteiger partial charge in [-0.1, -0.05) is 37.6 Å². The molecule has 0 bridgehead atoms. The number of nitrogens with one attached hydrogen (secondary N) is 1. The molecule has 0 saturated heterocycles. The lowest BCUT2D eigenvalue weighted by Crippen LogP contribution is -2.30. The van der Waals surface area contributed by atoms with E-state index in [1.807, 2.05) is 31.2 Å². The fourth-order valence-electron chi connectivity index (χ4n) is 2.42. The Morgan fingerprint density at radius 2 is 2.00 bits per heavy atom. The summed E-state index contributed by atoms with van der Waals surface area (Å²) in [5.74, 6) is 1.14. The summed E-state index contributed by atoms with van der Waals surface area (Å²) in [5, 5.41) is 3.05. The van der Waals surface area contributed by atoms with E-state index in [4.69, 9.17) is 4.74 Å². The van der Waals surface area contributed by atoms with Crippen molar-refractivity contribution < 1.29 is 9.53 Å². The fraction of sp³-hybridized carbons (Fsp3) is 0.526. The Hall–Kier alpha value is -1.77. The first-order valence-corrected chi connectivity index (χ1v) is 8.23. The number of hydrogen-bond acceptors (Lipinski definition) is 2. The molecule has 0 aliphatic rings. The van der Waals surface area contributed by atoms with Crippen LogP contribution in [0.5, 0.6) is 5.75 Å². The zero-order valence-electron chi connectivity index (χ0n) is 14.1. The highest BCUT2D eigenvalue weighted by Gasteiger charge is 2.15. The molecular weight excluding hydrogens is 274 g/mol. The Morgan fingerprint density at radius 1 is 1.27 bits per heavy atom. The minimum atomic E-state index is 0.129. The minimum absolute atomic E-state index is 0.129. The van der Waals surface area contributed by atoms with Crippen molar-refractivity contribution in [2.24, 2.45) is 5.92 Å². The van der Waals surface area contributed by atoms with Crippen molar-refractivity contribution in [3.05, 3.63) is 42.0 Å². The average Bonchev–Trinajstić information content (AvgIpc) is 2.56. The van der Waals surface area contributed by atoms with Gasteiger partial charge in [-0.05, 0) is 50.3 Å². The number of carbonyl (C=O) groups is 1. The molecular formula is C19H29NO2. The summed E-state index contributed by atoms with van der Waals surface area (Å²) in [5.41, 5.74) is 1.09. The van der Waals surface area contributed by atoms with Gasteiger partial charge in [0.05, 0.1) is 7.11 Å². The molecule has 1 rings (SSSR count). The predicted octanol–water partition coefficient (Wildman–Crippen LogP) is 4.47. The van der Waals surface area contributed by atoms with Crippen LogP contribution in [0.4, 0.5) is 0 Å². The molecule has 1 unspecified atom stereocenters. The molecule has 1 aromatic carbocycles. The molecule has 0 saturated carbocycles. The molecule has 22 heavy (non-hydrogen) atoms. The fourth-order valence-corrected chi connectivity index (χ4v) is 2.42. The van der Waals surface area contributed by atoms with E-state index >= 15 is 0 Å². The average molecular weight is 303 g/mol. The van der Waals surface area contributed by atoms with E-state index < -0.39 is 0 Å². The number of methoxy groups -OCH3 is 1. The molecule has 3 heteroatoms. The van der Waals surface area contributed by atoms with Crippen LogP contribution in [-0.4, -0.2) is 13.0 Å². The van der Waals surface area contributed by atoms with E-state index in [1.54, 1.807) is 7.11 Å². The third kappa shape index (κ3) is 6.79. The summed E-state index contributed by atoms with van der Waals surface area (Å²) in [7, 11) is 1.65. The van der Waals surface area contributed by atoms with E-state index in [9.17, 15) is 4.79 Å². The molecule has 1 N–H and O–H groups in total. The monoisotopic (exact) mass is 303 g/mol. The molecule has 3 nitrogen and oxygen atoms in total. The number of amides is 1. The number of rotatable bonds is 10. The zero-order valence-corrected chi connectivity index (χ0v) is 14.1. The smallest absolute Gasteiger partial charge is 0.223 e. The van der Waals surface area contributed by atoms with E-state index in [0.717, 1.165) is 43.4 Å². The van der Waals surface area contributed by atoms with Crippen molar-refractivity contribution >= 4 is 5.91 Å². The summed E-state index contributed by atoms with van der Waals surface area (Å²) in [6.07, 6.45) is 9.52. The van der Waals surface area contributed by atoms with Crippen molar-refractivity contribution in [3.63, 3.8) is 0 Å². The highest BCUT2D eigenvalue weighted by molar-refractivity contribution is 5.78. The summed E-state index contributed by atoms with van der Waals surface area (Å²) < 4.78 is 5.13. The Morgan fingerprint density at radius 3 is 2.59 bits per heavy atom. The van der Waals surface area contributed by atoms with Crippen LogP contribution < -0.4 is 10.1 Å². The first kappa shape index (κ1) is 18.3. The first-order valence-electron chi connectivity index (χ1n) is 8.23. The first-order chi connectivity index (χ1) is 10.7. The van der Waals surface area contributed by atoms with Crippen LogP contribution in [0.15, 0.2) is 36.4 Å². The largest absolute Gasteiger partial charge is 0.497 e. The molecule has 0 heterocycles. The Balaban J connectivity index is 2.33. The summed E-state index contributed by atoms with van der Waals surface area (Å²) in [6, 6.07) is 7.80. The van der Waals surface area contributed by atoms with E-state index in [0.29, 0.717) is 6.54 Å². The Bertz CT molecular complexity index is 451. The molecule has 1 amide bonds. The Kier molecular flexibility index (Phi) is 9.04. The van der Waals surface area contributed by atoms with Crippen LogP contribution >= 0.6 is 0 Å². The van der Waals surface area contributed by atoms with Gasteiger partial charge >= 0.3 is 0 Å². The third-order valence-electron chi connectivity index (χ3n) is 3.90. The second-order valence-electron chi connectivity index (χ2n) is 5.52. The summed E-state index contributed by atoms with van der Waals surface area (Å²) in [6.45, 7) is 4.71. The maximum atomic E-state index is 12.2. The maximum absolute atomic E-state index is 12.2. The maximum Gasteiger partial charge on any atom is 0.223 e. The van der Waals surface area contributed by atoms with E-state index in [-0.39, 0.29) is 11.8 Å². The van der Waals surface area contributed by atoms with E-state index in [2.05, 4.69) is 24.4 Å². The quantitative estimate of drug-likeness (QED) is 0.511. The van der Waals surface area contributed by atoms with Crippen molar-refractivity contribution in [2.45, 2.75) is 52.5 Å². The van der Waals surface area contributed by atoms with Gasteiger partial charge in [-0.3, -0.25) is 4.79 Å². The summed E-state index contributed by atoms with van der Waals surface area (Å²) >= 11 is 0. The lowest BCUT2D eigenvalue weighted by Gasteiger charge is -2.15. The van der Waals surface area contributed by atoms with Gasteiger partial charge in [0.15, 0.2) is 0 Å². The third-order valence-corrected chi connectivity index (χ3v) is 3.90. The van der Waals surface area contributed by atoms with Gasteiger partial charge in [0.2, 0.25) is 5.91 Å². The lowest BCUT2D eigenvalue weighted by molar-refractivity contribution is -0.125. The second-order valence-corrected chi connectivity index (χ2v) is 5.52. The molecule has 1 atom stereocenters. The van der Waals surface area contributed by atoms with Crippen LogP contribution in [0.1, 0.15) is 51.5 Å². The highest BCUT2D eigenvalue weighted by atomic mass is 16.5. The number of ether oxygens (including phenoxy) is 1. The van der Waals surface area contributed by atoms with Gasteiger partial charge in [0.25, 0.3) is 0 Å². The van der Waals surface area contributed by atoms with Gasteiger partial charge in [-0.15, -0.1) is 0 Å². The molecule has 0 aliphatic carbocycles. The molecule has 0 spiro atoms. The van der Waals surface area contributed by atoms with Gasteiger partial charge in [-0.2, -0.15) is 0 Å². The van der Waals surface area contributed by atoms with Crippen LogP contribution in [-0.2, 0) is 11.3 Å². The molecule has 122 valence electrons. The highest BCUT2D eigenvalue weighted by Crippen LogP contribution is 2.15. The SMILES string of the molecule is C/C=C/CCCCC(CC)C(=O)NCc1ccc(OC)cc1. The predicted molar refractivity (Wildman–Crippen MR) is 91.9 cm³/mol. The number of unbranched alkanes of at least 4 members (excludes halogenated alkanes) is 2. The molecule has 0 aliphatic heterocycles. The van der Waals surface area contributed by atoms with Crippen LogP contribution in [0.2, 0.25) is 0 Å². The normalized spacial score (nSPS) is 12.3. The number of allylic oxidation sites excluding steroid dienone is 2. The zero-order chi connectivity index (χ0) is 16.2. The number of hydrogen-bond donors (Lipinski definition) is 1. The van der Waals surface area contributed by atoms with E-state index in [1.165, 1.54) is 0 Å². The molecule has 0 aromatic heterocycles. The standard InChI is InChI=1S/C19H29NO2/c1-4-6-7-8-9-10-17(5-2)19(21)20-15-16-11-13-18(22-3)14-12-16/h4,6,11-14,17H,5,7-10,15H2,1-3H3,(H,20,21)/b6-4+. The second kappa shape index (κ2) is 10.9. The van der Waals surface area contributed by atoms with Gasteiger partial charge in [0.1, 0.15) is 5.75 Å². The van der Waals surface area contributed by atoms with Crippen LogP contribution in [0.25, 0.3) is 0 Å². The lowest BCUT2D eigenvalue weighted by atomic mass is 9.97. The van der Waals surface area contributed by atoms with Gasteiger partial charge in [0, 0.05) is 12.5 Å². The van der Waals surface area contributed by atoms with Crippen LogP contribution in [0, 0.1) is 5.92 Å². The van der Waals surface area contributed by atoms with Gasteiger partial charge in [-0.25, -0.2) is 0 Å². The summed E-state index contributed by atoms with van der Waals surface area (Å²) in [4.78, 5) is 12.2. The van der Waals surface area contributed by atoms with Crippen molar-refractivity contribution in [2.75, 3.05) is 7.11 Å². The number of benzene rings is 1. The van der Waals surface area contributed by atoms with Crippen molar-refractivity contribution in [1.82, 2.24) is 5.32 Å². The van der Waals surface area contributed by atoms with Crippen molar-refractivity contribution in [3.8, 4) is 5.75 Å². The van der Waals surface area contributed by atoms with Gasteiger partial charge < -0.3 is 10.1 Å².